The maximum Gasteiger partial charge on any atom is 0.185 e. The smallest absolute Gasteiger partial charge is 0.185 e. The molecule has 0 aliphatic heterocycles. The van der Waals surface area contributed by atoms with Gasteiger partial charge in [0.25, 0.3) is 0 Å². The zero-order valence-corrected chi connectivity index (χ0v) is 8.27. The van der Waals surface area contributed by atoms with E-state index in [-0.39, 0.29) is 5.84 Å². The lowest BCUT2D eigenvalue weighted by atomic mass is 10.5. The third-order valence-corrected chi connectivity index (χ3v) is 3.10. The molecule has 3 N–H and O–H groups in total. The van der Waals surface area contributed by atoms with Crippen LogP contribution in [0.5, 0.6) is 0 Å². The van der Waals surface area contributed by atoms with E-state index in [0.29, 0.717) is 11.7 Å². The van der Waals surface area contributed by atoms with Gasteiger partial charge in [-0.15, -0.1) is 11.3 Å². The predicted molar refractivity (Wildman–Crippen MR) is 54.6 cm³/mol. The minimum atomic E-state index is 0.0479. The molecule has 0 bridgehead atoms. The van der Waals surface area contributed by atoms with Crippen molar-refractivity contribution in [2.45, 2.75) is 18.9 Å². The van der Waals surface area contributed by atoms with E-state index >= 15 is 0 Å². The highest BCUT2D eigenvalue weighted by atomic mass is 32.1. The Balaban J connectivity index is 2.16. The van der Waals surface area contributed by atoms with Crippen LogP contribution in [0.1, 0.15) is 18.5 Å². The maximum atomic E-state index is 7.22. The second kappa shape index (κ2) is 2.99. The lowest BCUT2D eigenvalue weighted by Gasteiger charge is -2.13. The van der Waals surface area contributed by atoms with Crippen molar-refractivity contribution in [2.75, 3.05) is 11.9 Å². The Bertz CT molecular complexity index is 329. The number of amidine groups is 1. The molecule has 1 saturated carbocycles. The molecule has 5 heteroatoms. The van der Waals surface area contributed by atoms with E-state index in [2.05, 4.69) is 9.88 Å². The van der Waals surface area contributed by atoms with Gasteiger partial charge in [-0.1, -0.05) is 0 Å². The molecule has 0 unspecified atom stereocenters. The number of nitrogens with one attached hydrogen (secondary N) is 1. The van der Waals surface area contributed by atoms with E-state index in [4.69, 9.17) is 11.1 Å². The predicted octanol–water partition coefficient (Wildman–Crippen LogP) is 1.03. The number of nitrogen functional groups attached to an aromatic ring is 1. The van der Waals surface area contributed by atoms with Crippen molar-refractivity contribution in [1.82, 2.24) is 4.98 Å². The topological polar surface area (TPSA) is 66.0 Å². The van der Waals surface area contributed by atoms with Gasteiger partial charge in [0.2, 0.25) is 0 Å². The summed E-state index contributed by atoms with van der Waals surface area (Å²) in [6.45, 7) is 0. The summed E-state index contributed by atoms with van der Waals surface area (Å²) in [5.41, 5.74) is 5.92. The summed E-state index contributed by atoms with van der Waals surface area (Å²) in [4.78, 5) is 6.43. The van der Waals surface area contributed by atoms with Crippen molar-refractivity contribution in [3.05, 3.63) is 11.1 Å². The van der Waals surface area contributed by atoms with Gasteiger partial charge in [-0.05, 0) is 12.8 Å². The molecule has 0 amide bonds. The first kappa shape index (κ1) is 8.50. The Morgan fingerprint density at radius 2 is 2.46 bits per heavy atom. The van der Waals surface area contributed by atoms with Crippen LogP contribution in [0.25, 0.3) is 0 Å². The molecule has 0 saturated heterocycles. The molecule has 0 radical (unpaired) electrons. The second-order valence-electron chi connectivity index (χ2n) is 3.27. The lowest BCUT2D eigenvalue weighted by molar-refractivity contribution is 0.908. The molecule has 0 spiro atoms. The quantitative estimate of drug-likeness (QED) is 0.560. The van der Waals surface area contributed by atoms with E-state index in [1.54, 1.807) is 11.3 Å². The fourth-order valence-electron chi connectivity index (χ4n) is 1.17. The van der Waals surface area contributed by atoms with Crippen molar-refractivity contribution in [1.29, 1.82) is 5.41 Å². The number of anilines is 1. The lowest BCUT2D eigenvalue weighted by Crippen LogP contribution is -2.19. The Kier molecular flexibility index (Phi) is 1.95. The summed E-state index contributed by atoms with van der Waals surface area (Å²) in [6.07, 6.45) is 2.51. The summed E-state index contributed by atoms with van der Waals surface area (Å²) in [6, 6.07) is 0.658. The van der Waals surface area contributed by atoms with Gasteiger partial charge < -0.3 is 10.6 Å². The van der Waals surface area contributed by atoms with Gasteiger partial charge in [0.15, 0.2) is 5.13 Å². The summed E-state index contributed by atoms with van der Waals surface area (Å²) >= 11 is 1.55. The third kappa shape index (κ3) is 1.65. The van der Waals surface area contributed by atoms with Gasteiger partial charge >= 0.3 is 0 Å². The van der Waals surface area contributed by atoms with Gasteiger partial charge in [-0.2, -0.15) is 0 Å². The molecular formula is C8H12N4S. The summed E-state index contributed by atoms with van der Waals surface area (Å²) < 4.78 is 0. The van der Waals surface area contributed by atoms with E-state index < -0.39 is 0 Å². The van der Waals surface area contributed by atoms with Gasteiger partial charge in [0, 0.05) is 18.5 Å². The minimum absolute atomic E-state index is 0.0479. The molecule has 1 aromatic rings. The maximum absolute atomic E-state index is 7.22. The highest BCUT2D eigenvalue weighted by Gasteiger charge is 2.28. The van der Waals surface area contributed by atoms with Crippen molar-refractivity contribution < 1.29 is 0 Å². The molecule has 1 aromatic heterocycles. The fourth-order valence-corrected chi connectivity index (χ4v) is 2.03. The largest absolute Gasteiger partial charge is 0.382 e. The molecule has 2 rings (SSSR count). The molecule has 4 nitrogen and oxygen atoms in total. The number of nitrogens with two attached hydrogens (primary N) is 1. The average molecular weight is 196 g/mol. The molecule has 1 aliphatic rings. The Morgan fingerprint density at radius 1 is 1.77 bits per heavy atom. The van der Waals surface area contributed by atoms with Crippen molar-refractivity contribution in [3.8, 4) is 0 Å². The zero-order valence-electron chi connectivity index (χ0n) is 7.45. The molecule has 1 aliphatic carbocycles. The van der Waals surface area contributed by atoms with E-state index in [0.717, 1.165) is 5.13 Å². The molecule has 70 valence electrons. The van der Waals surface area contributed by atoms with Crippen LogP contribution >= 0.6 is 11.3 Å². The van der Waals surface area contributed by atoms with Crippen LogP contribution in [0.15, 0.2) is 5.38 Å². The zero-order chi connectivity index (χ0) is 9.42. The summed E-state index contributed by atoms with van der Waals surface area (Å²) in [5.74, 6) is 0.0479. The van der Waals surface area contributed by atoms with Crippen LogP contribution in [0.2, 0.25) is 0 Å². The van der Waals surface area contributed by atoms with Gasteiger partial charge in [0.05, 0.1) is 0 Å². The molecule has 0 atom stereocenters. The van der Waals surface area contributed by atoms with Gasteiger partial charge in [0.1, 0.15) is 11.5 Å². The number of thiazole rings is 1. The van der Waals surface area contributed by atoms with Gasteiger partial charge in [-0.3, -0.25) is 5.41 Å². The Morgan fingerprint density at radius 3 is 2.92 bits per heavy atom. The molecule has 0 aromatic carbocycles. The SMILES string of the molecule is CN(c1nc(C(=N)N)cs1)C1CC1. The van der Waals surface area contributed by atoms with Crippen molar-refractivity contribution >= 4 is 22.3 Å². The summed E-state index contributed by atoms with van der Waals surface area (Å²) in [7, 11) is 2.04. The van der Waals surface area contributed by atoms with Crippen LogP contribution in [0.4, 0.5) is 5.13 Å². The van der Waals surface area contributed by atoms with Crippen molar-refractivity contribution in [2.24, 2.45) is 5.73 Å². The number of rotatable bonds is 3. The van der Waals surface area contributed by atoms with Crippen LogP contribution in [0.3, 0.4) is 0 Å². The van der Waals surface area contributed by atoms with Crippen LogP contribution in [-0.4, -0.2) is 23.9 Å². The van der Waals surface area contributed by atoms with Crippen LogP contribution in [-0.2, 0) is 0 Å². The second-order valence-corrected chi connectivity index (χ2v) is 4.11. The number of nitrogens with zero attached hydrogens (tertiary/aromatic N) is 2. The number of aromatic nitrogens is 1. The third-order valence-electron chi connectivity index (χ3n) is 2.16. The van der Waals surface area contributed by atoms with Crippen LogP contribution in [0, 0.1) is 5.41 Å². The highest BCUT2D eigenvalue weighted by Crippen LogP contribution is 2.31. The first-order valence-corrected chi connectivity index (χ1v) is 5.09. The first-order valence-electron chi connectivity index (χ1n) is 4.21. The standard InChI is InChI=1S/C8H12N4S/c1-12(5-2-3-5)8-11-6(4-13-8)7(9)10/h4-5H,2-3H2,1H3,(H3,9,10). The highest BCUT2D eigenvalue weighted by molar-refractivity contribution is 7.13. The summed E-state index contributed by atoms with van der Waals surface area (Å²) in [5, 5.41) is 10.0. The molecule has 13 heavy (non-hydrogen) atoms. The fraction of sp³-hybridized carbons (Fsp3) is 0.500. The molecule has 1 fully saturated rings. The first-order chi connectivity index (χ1) is 6.18. The number of hydrogen-bond donors (Lipinski definition) is 2. The monoisotopic (exact) mass is 196 g/mol. The molecule has 1 heterocycles. The number of hydrogen-bond acceptors (Lipinski definition) is 4. The normalized spacial score (nSPS) is 15.8. The van der Waals surface area contributed by atoms with Crippen LogP contribution < -0.4 is 10.6 Å². The Hall–Kier alpha value is -1.10. The van der Waals surface area contributed by atoms with Crippen molar-refractivity contribution in [3.63, 3.8) is 0 Å². The average Bonchev–Trinajstić information content (AvgIpc) is 2.81. The van der Waals surface area contributed by atoms with E-state index in [1.807, 2.05) is 12.4 Å². The minimum Gasteiger partial charge on any atom is -0.382 e. The van der Waals surface area contributed by atoms with Gasteiger partial charge in [-0.25, -0.2) is 4.98 Å². The van der Waals surface area contributed by atoms with E-state index in [1.165, 1.54) is 12.8 Å². The van der Waals surface area contributed by atoms with E-state index in [9.17, 15) is 0 Å². The molecular weight excluding hydrogens is 184 g/mol. The Labute approximate surface area is 80.9 Å².